The summed E-state index contributed by atoms with van der Waals surface area (Å²) in [6.07, 6.45) is 7.33. The first-order valence-electron chi connectivity index (χ1n) is 6.89. The minimum atomic E-state index is -0.456. The maximum atomic E-state index is 11.5. The van der Waals surface area contributed by atoms with E-state index in [1.54, 1.807) is 0 Å². The van der Waals surface area contributed by atoms with Gasteiger partial charge in [-0.1, -0.05) is 24.3 Å². The first-order valence-corrected chi connectivity index (χ1v) is 6.89. The lowest BCUT2D eigenvalue weighted by atomic mass is 10.1. The Morgan fingerprint density at radius 1 is 1.20 bits per heavy atom. The molecule has 1 amide bonds. The van der Waals surface area contributed by atoms with Crippen molar-refractivity contribution in [3.8, 4) is 12.3 Å². The minimum Gasteiger partial charge on any atom is -0.444 e. The summed E-state index contributed by atoms with van der Waals surface area (Å²) >= 11 is 0. The van der Waals surface area contributed by atoms with Crippen LogP contribution in [0.15, 0.2) is 24.3 Å². The van der Waals surface area contributed by atoms with Crippen molar-refractivity contribution in [2.24, 2.45) is 0 Å². The summed E-state index contributed by atoms with van der Waals surface area (Å²) in [6.45, 7) is 6.11. The summed E-state index contributed by atoms with van der Waals surface area (Å²) in [5.41, 5.74) is 1.97. The molecule has 0 unspecified atom stereocenters. The van der Waals surface area contributed by atoms with Crippen molar-refractivity contribution >= 4 is 6.09 Å². The van der Waals surface area contributed by atoms with Gasteiger partial charge in [0.1, 0.15) is 5.60 Å². The number of aryl methyl sites for hydroxylation is 1. The molecule has 1 aromatic rings. The monoisotopic (exact) mass is 273 g/mol. The van der Waals surface area contributed by atoms with Crippen LogP contribution in [-0.2, 0) is 17.6 Å². The maximum Gasteiger partial charge on any atom is 0.407 e. The Morgan fingerprint density at radius 2 is 1.75 bits per heavy atom. The quantitative estimate of drug-likeness (QED) is 0.836. The van der Waals surface area contributed by atoms with Gasteiger partial charge in [0.15, 0.2) is 0 Å². The third kappa shape index (κ3) is 6.84. The number of carbonyl (C=O) groups excluding carboxylic acids is 1. The van der Waals surface area contributed by atoms with Crippen molar-refractivity contribution in [3.63, 3.8) is 0 Å². The van der Waals surface area contributed by atoms with Gasteiger partial charge in [0, 0.05) is 13.0 Å². The van der Waals surface area contributed by atoms with Crippen molar-refractivity contribution in [1.29, 1.82) is 0 Å². The number of carbonyl (C=O) groups is 1. The van der Waals surface area contributed by atoms with Crippen LogP contribution in [0.4, 0.5) is 4.79 Å². The van der Waals surface area contributed by atoms with E-state index >= 15 is 0 Å². The summed E-state index contributed by atoms with van der Waals surface area (Å²) in [4.78, 5) is 11.5. The molecule has 0 aliphatic heterocycles. The van der Waals surface area contributed by atoms with E-state index < -0.39 is 5.60 Å². The van der Waals surface area contributed by atoms with E-state index in [1.807, 2.05) is 20.8 Å². The number of alkyl carbamates (subject to hydrolysis) is 1. The van der Waals surface area contributed by atoms with E-state index in [9.17, 15) is 4.79 Å². The van der Waals surface area contributed by atoms with Crippen LogP contribution in [0, 0.1) is 12.3 Å². The van der Waals surface area contributed by atoms with Gasteiger partial charge in [-0.15, -0.1) is 12.3 Å². The van der Waals surface area contributed by atoms with Crippen LogP contribution in [0.1, 0.15) is 38.3 Å². The molecular formula is C17H23NO2. The molecule has 3 nitrogen and oxygen atoms in total. The van der Waals surface area contributed by atoms with Gasteiger partial charge in [-0.2, -0.15) is 0 Å². The Morgan fingerprint density at radius 3 is 2.25 bits per heavy atom. The Kier molecular flexibility index (Phi) is 6.11. The van der Waals surface area contributed by atoms with E-state index in [0.29, 0.717) is 6.54 Å². The Bertz CT molecular complexity index is 463. The molecule has 0 fully saturated rings. The summed E-state index contributed by atoms with van der Waals surface area (Å²) < 4.78 is 5.17. The van der Waals surface area contributed by atoms with Crippen LogP contribution < -0.4 is 5.32 Å². The van der Waals surface area contributed by atoms with Gasteiger partial charge >= 0.3 is 6.09 Å². The molecular weight excluding hydrogens is 250 g/mol. The zero-order valence-corrected chi connectivity index (χ0v) is 12.5. The number of amides is 1. The van der Waals surface area contributed by atoms with Crippen molar-refractivity contribution in [2.75, 3.05) is 6.54 Å². The molecule has 1 rings (SSSR count). The molecule has 1 aromatic carbocycles. The third-order valence-corrected chi connectivity index (χ3v) is 2.66. The molecule has 20 heavy (non-hydrogen) atoms. The van der Waals surface area contributed by atoms with Crippen LogP contribution in [0.2, 0.25) is 0 Å². The van der Waals surface area contributed by atoms with E-state index in [1.165, 1.54) is 11.1 Å². The first-order chi connectivity index (χ1) is 9.40. The van der Waals surface area contributed by atoms with Crippen molar-refractivity contribution in [3.05, 3.63) is 35.4 Å². The lowest BCUT2D eigenvalue weighted by Crippen LogP contribution is -2.33. The van der Waals surface area contributed by atoms with Crippen molar-refractivity contribution < 1.29 is 9.53 Å². The predicted molar refractivity (Wildman–Crippen MR) is 81.5 cm³/mol. The van der Waals surface area contributed by atoms with Crippen LogP contribution in [0.3, 0.4) is 0 Å². The van der Waals surface area contributed by atoms with E-state index in [0.717, 1.165) is 19.3 Å². The summed E-state index contributed by atoms with van der Waals surface area (Å²) in [5.74, 6) is 2.63. The summed E-state index contributed by atoms with van der Waals surface area (Å²) in [5, 5.41) is 2.75. The number of rotatable bonds is 5. The number of ether oxygens (including phenoxy) is 1. The molecule has 0 heterocycles. The zero-order chi connectivity index (χ0) is 15.0. The average molecular weight is 273 g/mol. The van der Waals surface area contributed by atoms with Gasteiger partial charge in [-0.3, -0.25) is 0 Å². The second-order valence-electron chi connectivity index (χ2n) is 5.70. The zero-order valence-electron chi connectivity index (χ0n) is 12.5. The highest BCUT2D eigenvalue weighted by Crippen LogP contribution is 2.08. The lowest BCUT2D eigenvalue weighted by molar-refractivity contribution is 0.0528. The van der Waals surface area contributed by atoms with E-state index in [-0.39, 0.29) is 6.09 Å². The number of hydrogen-bond acceptors (Lipinski definition) is 2. The van der Waals surface area contributed by atoms with Gasteiger partial charge in [0.05, 0.1) is 0 Å². The van der Waals surface area contributed by atoms with Crippen LogP contribution in [0.5, 0.6) is 0 Å². The molecule has 0 saturated heterocycles. The predicted octanol–water partition coefficient (Wildman–Crippen LogP) is 3.32. The van der Waals surface area contributed by atoms with Gasteiger partial charge in [0.2, 0.25) is 0 Å². The SMILES string of the molecule is C#CCCc1ccc(CCNC(=O)OC(C)(C)C)cc1. The van der Waals surface area contributed by atoms with Crippen molar-refractivity contribution in [1.82, 2.24) is 5.32 Å². The van der Waals surface area contributed by atoms with Gasteiger partial charge in [-0.25, -0.2) is 4.79 Å². The topological polar surface area (TPSA) is 38.3 Å². The molecule has 0 aromatic heterocycles. The second-order valence-corrected chi connectivity index (χ2v) is 5.70. The van der Waals surface area contributed by atoms with Gasteiger partial charge < -0.3 is 10.1 Å². The Hall–Kier alpha value is -1.95. The fraction of sp³-hybridized carbons (Fsp3) is 0.471. The Labute approximate surface area is 121 Å². The maximum absolute atomic E-state index is 11.5. The minimum absolute atomic E-state index is 0.372. The van der Waals surface area contributed by atoms with E-state index in [4.69, 9.17) is 11.2 Å². The number of benzene rings is 1. The number of hydrogen-bond donors (Lipinski definition) is 1. The summed E-state index contributed by atoms with van der Waals surface area (Å²) in [6, 6.07) is 8.31. The molecule has 0 bridgehead atoms. The van der Waals surface area contributed by atoms with Gasteiger partial charge in [0.25, 0.3) is 0 Å². The van der Waals surface area contributed by atoms with Crippen LogP contribution in [-0.4, -0.2) is 18.2 Å². The first kappa shape index (κ1) is 16.1. The van der Waals surface area contributed by atoms with E-state index in [2.05, 4.69) is 35.5 Å². The molecule has 3 heteroatoms. The average Bonchev–Trinajstić information content (AvgIpc) is 2.35. The smallest absolute Gasteiger partial charge is 0.407 e. The second kappa shape index (κ2) is 7.59. The highest BCUT2D eigenvalue weighted by Gasteiger charge is 2.15. The summed E-state index contributed by atoms with van der Waals surface area (Å²) in [7, 11) is 0. The number of nitrogens with one attached hydrogen (secondary N) is 1. The molecule has 1 N–H and O–H groups in total. The van der Waals surface area contributed by atoms with Crippen molar-refractivity contribution in [2.45, 2.75) is 45.6 Å². The van der Waals surface area contributed by atoms with Gasteiger partial charge in [-0.05, 0) is 44.7 Å². The molecule has 108 valence electrons. The normalized spacial score (nSPS) is 10.7. The largest absolute Gasteiger partial charge is 0.444 e. The molecule has 0 radical (unpaired) electrons. The lowest BCUT2D eigenvalue weighted by Gasteiger charge is -2.19. The third-order valence-electron chi connectivity index (χ3n) is 2.66. The molecule has 0 spiro atoms. The molecule has 0 atom stereocenters. The molecule has 0 saturated carbocycles. The van der Waals surface area contributed by atoms with Crippen LogP contribution >= 0.6 is 0 Å². The fourth-order valence-electron chi connectivity index (χ4n) is 1.71. The van der Waals surface area contributed by atoms with Crippen LogP contribution in [0.25, 0.3) is 0 Å². The fourth-order valence-corrected chi connectivity index (χ4v) is 1.71. The Balaban J connectivity index is 2.32. The highest BCUT2D eigenvalue weighted by molar-refractivity contribution is 5.67. The molecule has 0 aliphatic rings. The number of terminal acetylenes is 1. The standard InChI is InChI=1S/C17H23NO2/c1-5-6-7-14-8-10-15(11-9-14)12-13-18-16(19)20-17(2,3)4/h1,8-11H,6-7,12-13H2,2-4H3,(H,18,19). The molecule has 0 aliphatic carbocycles. The highest BCUT2D eigenvalue weighted by atomic mass is 16.6.